The van der Waals surface area contributed by atoms with Crippen molar-refractivity contribution in [2.75, 3.05) is 26.1 Å². The molecule has 0 aliphatic carbocycles. The molecule has 0 heterocycles. The van der Waals surface area contributed by atoms with Crippen LogP contribution in [-0.2, 0) is 4.74 Å². The number of rotatable bonds is 7. The molecular formula is C20H24N2O4S. The number of anilines is 1. The number of aryl methyl sites for hydroxylation is 1. The van der Waals surface area contributed by atoms with Crippen LogP contribution in [0.1, 0.15) is 22.8 Å². The van der Waals surface area contributed by atoms with E-state index in [1.54, 1.807) is 19.2 Å². The van der Waals surface area contributed by atoms with E-state index in [-0.39, 0.29) is 6.04 Å². The number of nitrogens with one attached hydrogen (secondary N) is 2. The van der Waals surface area contributed by atoms with Gasteiger partial charge in [-0.05, 0) is 68.0 Å². The Bertz CT molecular complexity index is 793. The lowest BCUT2D eigenvalue weighted by Crippen LogP contribution is -2.39. The van der Waals surface area contributed by atoms with Gasteiger partial charge in [0.2, 0.25) is 0 Å². The molecule has 0 spiro atoms. The molecular weight excluding hydrogens is 364 g/mol. The molecule has 0 aliphatic rings. The van der Waals surface area contributed by atoms with Crippen molar-refractivity contribution in [1.29, 1.82) is 0 Å². The van der Waals surface area contributed by atoms with Crippen molar-refractivity contribution in [3.05, 3.63) is 53.6 Å². The third-order valence-corrected chi connectivity index (χ3v) is 4.06. The summed E-state index contributed by atoms with van der Waals surface area (Å²) >= 11 is 5.36. The van der Waals surface area contributed by atoms with Gasteiger partial charge in [0.05, 0.1) is 25.8 Å². The first kappa shape index (κ1) is 20.5. The quantitative estimate of drug-likeness (QED) is 0.555. The molecule has 0 saturated carbocycles. The van der Waals surface area contributed by atoms with Crippen molar-refractivity contribution < 1.29 is 19.0 Å². The molecule has 0 saturated heterocycles. The Morgan fingerprint density at radius 2 is 1.78 bits per heavy atom. The van der Waals surface area contributed by atoms with Gasteiger partial charge in [-0.2, -0.15) is 0 Å². The maximum absolute atomic E-state index is 11.7. The highest BCUT2D eigenvalue weighted by Gasteiger charge is 2.10. The summed E-state index contributed by atoms with van der Waals surface area (Å²) in [6, 6.07) is 12.6. The number of hydrogen-bond donors (Lipinski definition) is 2. The van der Waals surface area contributed by atoms with Crippen LogP contribution in [0, 0.1) is 6.92 Å². The molecule has 144 valence electrons. The maximum atomic E-state index is 11.7. The first-order valence-corrected chi connectivity index (χ1v) is 8.87. The van der Waals surface area contributed by atoms with Crippen LogP contribution in [0.5, 0.6) is 11.5 Å². The van der Waals surface area contributed by atoms with Gasteiger partial charge >= 0.3 is 5.97 Å². The van der Waals surface area contributed by atoms with Crippen molar-refractivity contribution >= 4 is 29.0 Å². The second kappa shape index (κ2) is 9.78. The predicted octanol–water partition coefficient (Wildman–Crippen LogP) is 3.54. The Balaban J connectivity index is 1.88. The van der Waals surface area contributed by atoms with Gasteiger partial charge < -0.3 is 24.8 Å². The topological polar surface area (TPSA) is 68.8 Å². The minimum absolute atomic E-state index is 0.0174. The summed E-state index contributed by atoms with van der Waals surface area (Å²) in [6.07, 6.45) is 0. The number of benzene rings is 2. The number of thiocarbonyl (C=S) groups is 1. The molecule has 0 aromatic heterocycles. The van der Waals surface area contributed by atoms with Crippen molar-refractivity contribution in [1.82, 2.24) is 5.32 Å². The van der Waals surface area contributed by atoms with Gasteiger partial charge in [0.15, 0.2) is 5.11 Å². The molecule has 27 heavy (non-hydrogen) atoms. The van der Waals surface area contributed by atoms with Crippen molar-refractivity contribution in [3.63, 3.8) is 0 Å². The van der Waals surface area contributed by atoms with Gasteiger partial charge in [0.25, 0.3) is 0 Å². The van der Waals surface area contributed by atoms with Gasteiger partial charge in [-0.25, -0.2) is 4.79 Å². The van der Waals surface area contributed by atoms with Crippen LogP contribution in [0.3, 0.4) is 0 Å². The number of ether oxygens (including phenoxy) is 3. The van der Waals surface area contributed by atoms with Crippen molar-refractivity contribution in [3.8, 4) is 11.5 Å². The Morgan fingerprint density at radius 3 is 2.41 bits per heavy atom. The zero-order valence-electron chi connectivity index (χ0n) is 15.9. The number of hydrogen-bond acceptors (Lipinski definition) is 5. The normalized spacial score (nSPS) is 11.3. The monoisotopic (exact) mass is 388 g/mol. The summed E-state index contributed by atoms with van der Waals surface area (Å²) in [7, 11) is 2.98. The number of esters is 1. The second-order valence-corrected chi connectivity index (χ2v) is 6.42. The Kier molecular flexibility index (Phi) is 7.43. The highest BCUT2D eigenvalue weighted by molar-refractivity contribution is 7.80. The fourth-order valence-corrected chi connectivity index (χ4v) is 2.63. The standard InChI is InChI=1S/C20H24N2O4S/c1-13-5-6-15(19(23)25-4)11-18(13)22-20(27)21-14(2)12-26-17-9-7-16(24-3)8-10-17/h5-11,14H,12H2,1-4H3,(H2,21,22,27)/t14-/m1/s1. The van der Waals surface area contributed by atoms with E-state index in [1.165, 1.54) is 7.11 Å². The minimum Gasteiger partial charge on any atom is -0.497 e. The first-order valence-electron chi connectivity index (χ1n) is 8.46. The summed E-state index contributed by atoms with van der Waals surface area (Å²) in [5, 5.41) is 6.73. The number of methoxy groups -OCH3 is 2. The molecule has 0 aliphatic heterocycles. The molecule has 0 radical (unpaired) electrons. The average molecular weight is 388 g/mol. The maximum Gasteiger partial charge on any atom is 0.337 e. The summed E-state index contributed by atoms with van der Waals surface area (Å²) in [6.45, 7) is 4.34. The predicted molar refractivity (Wildman–Crippen MR) is 110 cm³/mol. The lowest BCUT2D eigenvalue weighted by Gasteiger charge is -2.19. The highest BCUT2D eigenvalue weighted by Crippen LogP contribution is 2.18. The van der Waals surface area contributed by atoms with Crippen LogP contribution >= 0.6 is 12.2 Å². The molecule has 0 bridgehead atoms. The summed E-state index contributed by atoms with van der Waals surface area (Å²) < 4.78 is 15.6. The second-order valence-electron chi connectivity index (χ2n) is 6.01. The molecule has 1 atom stereocenters. The zero-order chi connectivity index (χ0) is 19.8. The molecule has 7 heteroatoms. The van der Waals surface area contributed by atoms with E-state index in [0.29, 0.717) is 17.3 Å². The first-order chi connectivity index (χ1) is 12.9. The van der Waals surface area contributed by atoms with Crippen LogP contribution in [0.15, 0.2) is 42.5 Å². The van der Waals surface area contributed by atoms with E-state index in [4.69, 9.17) is 26.4 Å². The van der Waals surface area contributed by atoms with Crippen molar-refractivity contribution in [2.24, 2.45) is 0 Å². The largest absolute Gasteiger partial charge is 0.497 e. The Labute approximate surface area is 164 Å². The SMILES string of the molecule is COC(=O)c1ccc(C)c(NC(=S)N[C@H](C)COc2ccc(OC)cc2)c1. The Hall–Kier alpha value is -2.80. The third kappa shape index (κ3) is 6.14. The van der Waals surface area contributed by atoms with Crippen LogP contribution in [-0.4, -0.2) is 38.0 Å². The van der Waals surface area contributed by atoms with E-state index in [0.717, 1.165) is 22.7 Å². The smallest absolute Gasteiger partial charge is 0.337 e. The van der Waals surface area contributed by atoms with Gasteiger partial charge in [-0.15, -0.1) is 0 Å². The molecule has 2 rings (SSSR count). The lowest BCUT2D eigenvalue weighted by atomic mass is 10.1. The molecule has 2 N–H and O–H groups in total. The summed E-state index contributed by atoms with van der Waals surface area (Å²) in [4.78, 5) is 11.7. The number of carbonyl (C=O) groups excluding carboxylic acids is 1. The highest BCUT2D eigenvalue weighted by atomic mass is 32.1. The average Bonchev–Trinajstić information content (AvgIpc) is 2.67. The molecule has 0 unspecified atom stereocenters. The van der Waals surface area contributed by atoms with E-state index in [2.05, 4.69) is 10.6 Å². The summed E-state index contributed by atoms with van der Waals surface area (Å²) in [5.41, 5.74) is 2.18. The van der Waals surface area contributed by atoms with Crippen LogP contribution in [0.4, 0.5) is 5.69 Å². The van der Waals surface area contributed by atoms with Crippen LogP contribution < -0.4 is 20.1 Å². The third-order valence-electron chi connectivity index (χ3n) is 3.84. The van der Waals surface area contributed by atoms with Crippen molar-refractivity contribution in [2.45, 2.75) is 19.9 Å². The van der Waals surface area contributed by atoms with Gasteiger partial charge in [-0.3, -0.25) is 0 Å². The van der Waals surface area contributed by atoms with Crippen LogP contribution in [0.25, 0.3) is 0 Å². The Morgan fingerprint density at radius 1 is 1.11 bits per heavy atom. The lowest BCUT2D eigenvalue weighted by molar-refractivity contribution is 0.0601. The van der Waals surface area contributed by atoms with E-state index < -0.39 is 5.97 Å². The molecule has 0 amide bonds. The molecule has 0 fully saturated rings. The molecule has 2 aromatic rings. The molecule has 2 aromatic carbocycles. The minimum atomic E-state index is -0.391. The van der Waals surface area contributed by atoms with Gasteiger partial charge in [-0.1, -0.05) is 6.07 Å². The fourth-order valence-electron chi connectivity index (χ4n) is 2.32. The van der Waals surface area contributed by atoms with Gasteiger partial charge in [0.1, 0.15) is 18.1 Å². The van der Waals surface area contributed by atoms with E-state index in [9.17, 15) is 4.79 Å². The van der Waals surface area contributed by atoms with E-state index in [1.807, 2.05) is 44.2 Å². The number of carbonyl (C=O) groups is 1. The summed E-state index contributed by atoms with van der Waals surface area (Å²) in [5.74, 6) is 1.14. The van der Waals surface area contributed by atoms with Crippen LogP contribution in [0.2, 0.25) is 0 Å². The zero-order valence-corrected chi connectivity index (χ0v) is 16.7. The van der Waals surface area contributed by atoms with Gasteiger partial charge in [0, 0.05) is 5.69 Å². The van der Waals surface area contributed by atoms with E-state index >= 15 is 0 Å². The fraction of sp³-hybridized carbons (Fsp3) is 0.300. The molecule has 6 nitrogen and oxygen atoms in total.